The molecule has 0 aromatic heterocycles. The van der Waals surface area contributed by atoms with Crippen LogP contribution in [0.15, 0.2) is 42.5 Å². The average Bonchev–Trinajstić information content (AvgIpc) is 2.38. The molecule has 1 unspecified atom stereocenters. The minimum Gasteiger partial charge on any atom is -0.308 e. The van der Waals surface area contributed by atoms with Crippen molar-refractivity contribution in [1.29, 1.82) is 0 Å². The zero-order valence-electron chi connectivity index (χ0n) is 10.2. The van der Waals surface area contributed by atoms with E-state index in [1.165, 1.54) is 16.3 Å². The molecule has 1 atom stereocenters. The lowest BCUT2D eigenvalue weighted by Crippen LogP contribution is -2.43. The maximum atomic E-state index is 3.59. The van der Waals surface area contributed by atoms with Gasteiger partial charge in [0.05, 0.1) is 0 Å². The van der Waals surface area contributed by atoms with Gasteiger partial charge in [-0.25, -0.2) is 0 Å². The summed E-state index contributed by atoms with van der Waals surface area (Å²) in [5.41, 5.74) is 1.40. The molecular formula is C15H18N2. The number of nitrogens with zero attached hydrogens (tertiary/aromatic N) is 1. The van der Waals surface area contributed by atoms with Crippen molar-refractivity contribution in [3.63, 3.8) is 0 Å². The van der Waals surface area contributed by atoms with E-state index in [1.54, 1.807) is 0 Å². The summed E-state index contributed by atoms with van der Waals surface area (Å²) in [4.78, 5) is 2.39. The van der Waals surface area contributed by atoms with Crippen molar-refractivity contribution in [2.24, 2.45) is 0 Å². The molecule has 2 aromatic carbocycles. The molecule has 0 aliphatic carbocycles. The van der Waals surface area contributed by atoms with Crippen LogP contribution >= 0.6 is 0 Å². The van der Waals surface area contributed by atoms with Crippen LogP contribution in [0, 0.1) is 0 Å². The monoisotopic (exact) mass is 226 g/mol. The number of nitrogens with one attached hydrogen (secondary N) is 1. The first kappa shape index (κ1) is 10.8. The zero-order chi connectivity index (χ0) is 11.7. The predicted molar refractivity (Wildman–Crippen MR) is 72.2 cm³/mol. The van der Waals surface area contributed by atoms with Crippen LogP contribution in [-0.2, 0) is 0 Å². The summed E-state index contributed by atoms with van der Waals surface area (Å²) in [5, 5.41) is 6.24. The minimum atomic E-state index is 0.471. The summed E-state index contributed by atoms with van der Waals surface area (Å²) < 4.78 is 0. The molecule has 0 bridgehead atoms. The third-order valence-corrected chi connectivity index (χ3v) is 3.55. The molecule has 2 aromatic rings. The van der Waals surface area contributed by atoms with E-state index in [9.17, 15) is 0 Å². The fourth-order valence-electron chi connectivity index (χ4n) is 2.54. The van der Waals surface area contributed by atoms with Crippen LogP contribution in [0.3, 0.4) is 0 Å². The molecule has 2 heteroatoms. The Labute approximate surface area is 102 Å². The highest BCUT2D eigenvalue weighted by atomic mass is 15.2. The summed E-state index contributed by atoms with van der Waals surface area (Å²) in [6, 6.07) is 15.8. The van der Waals surface area contributed by atoms with E-state index in [1.807, 2.05) is 0 Å². The first-order valence-electron chi connectivity index (χ1n) is 6.23. The van der Waals surface area contributed by atoms with Gasteiger partial charge >= 0.3 is 0 Å². The van der Waals surface area contributed by atoms with Crippen LogP contribution in [-0.4, -0.2) is 31.6 Å². The van der Waals surface area contributed by atoms with Gasteiger partial charge in [-0.1, -0.05) is 36.4 Å². The van der Waals surface area contributed by atoms with Gasteiger partial charge in [0, 0.05) is 25.7 Å². The Morgan fingerprint density at radius 1 is 1.12 bits per heavy atom. The Balaban J connectivity index is 1.94. The van der Waals surface area contributed by atoms with Gasteiger partial charge in [0.25, 0.3) is 0 Å². The number of hydrogen-bond donors (Lipinski definition) is 1. The quantitative estimate of drug-likeness (QED) is 0.803. The number of benzene rings is 2. The Kier molecular flexibility index (Phi) is 2.83. The number of piperazine rings is 1. The molecule has 1 fully saturated rings. The molecule has 0 spiro atoms. The lowest BCUT2D eigenvalue weighted by atomic mass is 10.0. The summed E-state index contributed by atoms with van der Waals surface area (Å²) in [5.74, 6) is 0. The molecule has 3 rings (SSSR count). The smallest absolute Gasteiger partial charge is 0.0449 e. The third kappa shape index (κ3) is 2.19. The molecular weight excluding hydrogens is 208 g/mol. The van der Waals surface area contributed by atoms with Gasteiger partial charge < -0.3 is 10.2 Å². The van der Waals surface area contributed by atoms with Crippen molar-refractivity contribution >= 4 is 10.8 Å². The summed E-state index contributed by atoms with van der Waals surface area (Å²) in [6.45, 7) is 3.32. The van der Waals surface area contributed by atoms with Crippen LogP contribution < -0.4 is 5.32 Å². The van der Waals surface area contributed by atoms with Crippen LogP contribution in [0.1, 0.15) is 11.6 Å². The van der Waals surface area contributed by atoms with E-state index in [2.05, 4.69) is 59.7 Å². The molecule has 17 heavy (non-hydrogen) atoms. The molecule has 0 saturated carbocycles. The van der Waals surface area contributed by atoms with Gasteiger partial charge in [0.1, 0.15) is 0 Å². The molecule has 1 saturated heterocycles. The Morgan fingerprint density at radius 3 is 2.76 bits per heavy atom. The van der Waals surface area contributed by atoms with Gasteiger partial charge in [0.15, 0.2) is 0 Å². The van der Waals surface area contributed by atoms with E-state index in [0.29, 0.717) is 6.04 Å². The van der Waals surface area contributed by atoms with Crippen LogP contribution in [0.4, 0.5) is 0 Å². The molecule has 1 heterocycles. The van der Waals surface area contributed by atoms with Crippen molar-refractivity contribution in [1.82, 2.24) is 10.2 Å². The maximum Gasteiger partial charge on any atom is 0.0449 e. The number of rotatable bonds is 1. The lowest BCUT2D eigenvalue weighted by molar-refractivity contribution is 0.241. The minimum absolute atomic E-state index is 0.471. The highest BCUT2D eigenvalue weighted by Gasteiger charge is 2.17. The van der Waals surface area contributed by atoms with Crippen LogP contribution in [0.25, 0.3) is 10.8 Å². The van der Waals surface area contributed by atoms with Crippen molar-refractivity contribution in [3.8, 4) is 0 Å². The third-order valence-electron chi connectivity index (χ3n) is 3.55. The van der Waals surface area contributed by atoms with Crippen molar-refractivity contribution in [2.75, 3.05) is 26.7 Å². The molecule has 2 nitrogen and oxygen atoms in total. The SMILES string of the molecule is CN1CCNC(c2ccc3ccccc3c2)C1. The fourth-order valence-corrected chi connectivity index (χ4v) is 2.54. The zero-order valence-corrected chi connectivity index (χ0v) is 10.2. The van der Waals surface area contributed by atoms with Gasteiger partial charge in [-0.2, -0.15) is 0 Å². The van der Waals surface area contributed by atoms with Crippen LogP contribution in [0.5, 0.6) is 0 Å². The van der Waals surface area contributed by atoms with Gasteiger partial charge in [-0.15, -0.1) is 0 Å². The molecule has 0 amide bonds. The van der Waals surface area contributed by atoms with E-state index < -0.39 is 0 Å². The molecule has 88 valence electrons. The fraction of sp³-hybridized carbons (Fsp3) is 0.333. The summed E-state index contributed by atoms with van der Waals surface area (Å²) in [6.07, 6.45) is 0. The number of hydrogen-bond acceptors (Lipinski definition) is 2. The summed E-state index contributed by atoms with van der Waals surface area (Å²) in [7, 11) is 2.19. The van der Waals surface area contributed by atoms with Crippen molar-refractivity contribution in [2.45, 2.75) is 6.04 Å². The highest BCUT2D eigenvalue weighted by molar-refractivity contribution is 5.83. The normalized spacial score (nSPS) is 21.8. The van der Waals surface area contributed by atoms with E-state index >= 15 is 0 Å². The van der Waals surface area contributed by atoms with Crippen molar-refractivity contribution in [3.05, 3.63) is 48.0 Å². The second kappa shape index (κ2) is 4.47. The second-order valence-electron chi connectivity index (χ2n) is 4.88. The second-order valence-corrected chi connectivity index (χ2v) is 4.88. The average molecular weight is 226 g/mol. The first-order valence-corrected chi connectivity index (χ1v) is 6.23. The Bertz CT molecular complexity index is 521. The lowest BCUT2D eigenvalue weighted by Gasteiger charge is -2.31. The molecule has 1 aliphatic rings. The standard InChI is InChI=1S/C15H18N2/c1-17-9-8-16-15(11-17)14-7-6-12-4-2-3-5-13(12)10-14/h2-7,10,15-16H,8-9,11H2,1H3. The van der Waals surface area contributed by atoms with Crippen molar-refractivity contribution < 1.29 is 0 Å². The topological polar surface area (TPSA) is 15.3 Å². The largest absolute Gasteiger partial charge is 0.308 e. The molecule has 1 N–H and O–H groups in total. The van der Waals surface area contributed by atoms with Gasteiger partial charge in [-0.3, -0.25) is 0 Å². The summed E-state index contributed by atoms with van der Waals surface area (Å²) >= 11 is 0. The van der Waals surface area contributed by atoms with Gasteiger partial charge in [-0.05, 0) is 29.4 Å². The predicted octanol–water partition coefficient (Wildman–Crippen LogP) is 2.42. The van der Waals surface area contributed by atoms with E-state index in [0.717, 1.165) is 19.6 Å². The Hall–Kier alpha value is -1.38. The first-order chi connectivity index (χ1) is 8.33. The Morgan fingerprint density at radius 2 is 1.94 bits per heavy atom. The van der Waals surface area contributed by atoms with E-state index in [4.69, 9.17) is 0 Å². The van der Waals surface area contributed by atoms with Gasteiger partial charge in [0.2, 0.25) is 0 Å². The molecule has 1 aliphatic heterocycles. The van der Waals surface area contributed by atoms with Crippen LogP contribution in [0.2, 0.25) is 0 Å². The maximum absolute atomic E-state index is 3.59. The molecule has 0 radical (unpaired) electrons. The number of likely N-dealkylation sites (N-methyl/N-ethyl adjacent to an activating group) is 1. The highest BCUT2D eigenvalue weighted by Crippen LogP contribution is 2.22. The number of fused-ring (bicyclic) bond motifs is 1. The van der Waals surface area contributed by atoms with E-state index in [-0.39, 0.29) is 0 Å².